The van der Waals surface area contributed by atoms with Gasteiger partial charge in [-0.25, -0.2) is 14.8 Å². The van der Waals surface area contributed by atoms with Crippen molar-refractivity contribution in [2.24, 2.45) is 0 Å². The van der Waals surface area contributed by atoms with Crippen LogP contribution in [0, 0.1) is 6.92 Å². The quantitative estimate of drug-likeness (QED) is 0.921. The first-order valence-corrected chi connectivity index (χ1v) is 7.25. The first-order chi connectivity index (χ1) is 10.6. The van der Waals surface area contributed by atoms with E-state index < -0.39 is 6.09 Å². The van der Waals surface area contributed by atoms with E-state index in [1.165, 1.54) is 0 Å². The molecule has 0 spiro atoms. The van der Waals surface area contributed by atoms with Crippen LogP contribution in [0.15, 0.2) is 30.3 Å². The van der Waals surface area contributed by atoms with Crippen LogP contribution in [-0.4, -0.2) is 29.2 Å². The van der Waals surface area contributed by atoms with Crippen LogP contribution < -0.4 is 10.6 Å². The van der Waals surface area contributed by atoms with Gasteiger partial charge in [0.1, 0.15) is 17.5 Å². The van der Waals surface area contributed by atoms with E-state index in [9.17, 15) is 4.79 Å². The zero-order valence-corrected chi connectivity index (χ0v) is 12.6. The van der Waals surface area contributed by atoms with Gasteiger partial charge in [0.25, 0.3) is 0 Å². The van der Waals surface area contributed by atoms with Crippen LogP contribution in [0.1, 0.15) is 29.8 Å². The number of nitrogens with two attached hydrogens (primary N) is 1. The van der Waals surface area contributed by atoms with Crippen LogP contribution in [0.25, 0.3) is 0 Å². The molecule has 22 heavy (non-hydrogen) atoms. The molecule has 1 aliphatic rings. The molecule has 0 saturated heterocycles. The zero-order chi connectivity index (χ0) is 15.7. The second-order valence-electron chi connectivity index (χ2n) is 5.17. The Morgan fingerprint density at radius 3 is 2.77 bits per heavy atom. The number of hydrogen-bond acceptors (Lipinski definition) is 5. The van der Waals surface area contributed by atoms with Gasteiger partial charge in [0.2, 0.25) is 0 Å². The van der Waals surface area contributed by atoms with Crippen molar-refractivity contribution in [1.82, 2.24) is 9.97 Å². The number of nitrogens with zero attached hydrogens (tertiary/aromatic N) is 3. The molecule has 2 aromatic rings. The fourth-order valence-electron chi connectivity index (χ4n) is 2.81. The van der Waals surface area contributed by atoms with Crippen LogP contribution in [0.2, 0.25) is 0 Å². The Bertz CT molecular complexity index is 703. The van der Waals surface area contributed by atoms with Gasteiger partial charge < -0.3 is 10.5 Å². The number of nitrogen functional groups attached to an aromatic ring is 1. The summed E-state index contributed by atoms with van der Waals surface area (Å²) in [6.45, 7) is 4.32. The van der Waals surface area contributed by atoms with E-state index in [1.54, 1.807) is 18.7 Å². The predicted molar refractivity (Wildman–Crippen MR) is 83.8 cm³/mol. The number of ether oxygens (including phenoxy) is 1. The van der Waals surface area contributed by atoms with Crippen molar-refractivity contribution in [2.45, 2.75) is 19.8 Å². The van der Waals surface area contributed by atoms with E-state index in [2.05, 4.69) is 9.97 Å². The highest BCUT2D eigenvalue weighted by Gasteiger charge is 2.37. The van der Waals surface area contributed by atoms with Gasteiger partial charge in [-0.05, 0) is 19.4 Å². The van der Waals surface area contributed by atoms with Gasteiger partial charge in [-0.2, -0.15) is 0 Å². The average Bonchev–Trinajstić information content (AvgIpc) is 2.88. The lowest BCUT2D eigenvalue weighted by atomic mass is 9.94. The van der Waals surface area contributed by atoms with Crippen molar-refractivity contribution in [2.75, 3.05) is 23.8 Å². The van der Waals surface area contributed by atoms with Crippen LogP contribution in [0.4, 0.5) is 16.4 Å². The standard InChI is InChI=1S/C16H18N4O2/c1-3-22-16(21)20-9-12(11-7-5-4-6-8-11)13-14(17)18-10(2)19-15(13)20/h4-8,12H,3,9H2,1-2H3,(H2,17,18,19). The largest absolute Gasteiger partial charge is 0.449 e. The predicted octanol–water partition coefficient (Wildman–Crippen LogP) is 2.48. The summed E-state index contributed by atoms with van der Waals surface area (Å²) in [6, 6.07) is 9.92. The van der Waals surface area contributed by atoms with Crippen molar-refractivity contribution in [3.05, 3.63) is 47.3 Å². The minimum Gasteiger partial charge on any atom is -0.449 e. The summed E-state index contributed by atoms with van der Waals surface area (Å²) in [5, 5.41) is 0. The second kappa shape index (κ2) is 5.63. The number of carbonyl (C=O) groups excluding carboxylic acids is 1. The number of benzene rings is 1. The highest BCUT2D eigenvalue weighted by Crippen LogP contribution is 2.41. The zero-order valence-electron chi connectivity index (χ0n) is 12.6. The van der Waals surface area contributed by atoms with Crippen molar-refractivity contribution in [3.8, 4) is 0 Å². The first-order valence-electron chi connectivity index (χ1n) is 7.25. The molecule has 2 N–H and O–H groups in total. The smallest absolute Gasteiger partial charge is 0.415 e. The van der Waals surface area contributed by atoms with E-state index >= 15 is 0 Å². The molecule has 0 aliphatic carbocycles. The van der Waals surface area contributed by atoms with Crippen LogP contribution in [0.5, 0.6) is 0 Å². The topological polar surface area (TPSA) is 81.3 Å². The number of hydrogen-bond donors (Lipinski definition) is 1. The molecule has 0 fully saturated rings. The SMILES string of the molecule is CCOC(=O)N1CC(c2ccccc2)c2c(N)nc(C)nc21. The van der Waals surface area contributed by atoms with Crippen molar-refractivity contribution in [1.29, 1.82) is 0 Å². The summed E-state index contributed by atoms with van der Waals surface area (Å²) < 4.78 is 5.13. The number of amides is 1. The molecule has 1 atom stereocenters. The normalized spacial score (nSPS) is 16.5. The lowest BCUT2D eigenvalue weighted by molar-refractivity contribution is 0.160. The average molecular weight is 298 g/mol. The Kier molecular flexibility index (Phi) is 3.66. The minimum absolute atomic E-state index is 0.0405. The second-order valence-corrected chi connectivity index (χ2v) is 5.17. The van der Waals surface area contributed by atoms with Gasteiger partial charge in [0, 0.05) is 18.0 Å². The summed E-state index contributed by atoms with van der Waals surface area (Å²) in [6.07, 6.45) is -0.403. The van der Waals surface area contributed by atoms with E-state index in [4.69, 9.17) is 10.5 Å². The van der Waals surface area contributed by atoms with E-state index in [1.807, 2.05) is 30.3 Å². The number of aromatic nitrogens is 2. The van der Waals surface area contributed by atoms with Gasteiger partial charge in [-0.3, -0.25) is 4.90 Å². The summed E-state index contributed by atoms with van der Waals surface area (Å²) in [7, 11) is 0. The third-order valence-electron chi connectivity index (χ3n) is 3.73. The molecule has 1 aromatic heterocycles. The third kappa shape index (κ3) is 2.36. The summed E-state index contributed by atoms with van der Waals surface area (Å²) in [5.74, 6) is 1.47. The van der Waals surface area contributed by atoms with Crippen LogP contribution in [-0.2, 0) is 4.74 Å². The van der Waals surface area contributed by atoms with E-state index in [0.717, 1.165) is 11.1 Å². The van der Waals surface area contributed by atoms with Gasteiger partial charge in [0.15, 0.2) is 0 Å². The fourth-order valence-corrected chi connectivity index (χ4v) is 2.81. The highest BCUT2D eigenvalue weighted by molar-refractivity contribution is 5.91. The minimum atomic E-state index is -0.403. The lowest BCUT2D eigenvalue weighted by Gasteiger charge is -2.16. The van der Waals surface area contributed by atoms with E-state index in [-0.39, 0.29) is 5.92 Å². The molecule has 0 bridgehead atoms. The Morgan fingerprint density at radius 1 is 1.36 bits per heavy atom. The summed E-state index contributed by atoms with van der Waals surface area (Å²) >= 11 is 0. The maximum Gasteiger partial charge on any atom is 0.415 e. The van der Waals surface area contributed by atoms with Gasteiger partial charge in [-0.15, -0.1) is 0 Å². The molecular weight excluding hydrogens is 280 g/mol. The number of carbonyl (C=O) groups is 1. The van der Waals surface area contributed by atoms with Crippen molar-refractivity contribution >= 4 is 17.7 Å². The molecule has 1 amide bonds. The molecule has 0 radical (unpaired) electrons. The summed E-state index contributed by atoms with van der Waals surface area (Å²) in [5.41, 5.74) is 7.98. The maximum absolute atomic E-state index is 12.2. The molecule has 1 unspecified atom stereocenters. The fraction of sp³-hybridized carbons (Fsp3) is 0.312. The molecule has 1 aliphatic heterocycles. The monoisotopic (exact) mass is 298 g/mol. The number of fused-ring (bicyclic) bond motifs is 1. The highest BCUT2D eigenvalue weighted by atomic mass is 16.6. The Morgan fingerprint density at radius 2 is 2.09 bits per heavy atom. The molecule has 114 valence electrons. The molecule has 1 aromatic carbocycles. The van der Waals surface area contributed by atoms with Gasteiger partial charge in [0.05, 0.1) is 6.61 Å². The molecule has 6 nitrogen and oxygen atoms in total. The number of aryl methyl sites for hydroxylation is 1. The Hall–Kier alpha value is -2.63. The van der Waals surface area contributed by atoms with Crippen molar-refractivity contribution < 1.29 is 9.53 Å². The first kappa shape index (κ1) is 14.3. The van der Waals surface area contributed by atoms with Crippen LogP contribution >= 0.6 is 0 Å². The molecule has 6 heteroatoms. The molecule has 0 saturated carbocycles. The van der Waals surface area contributed by atoms with Crippen molar-refractivity contribution in [3.63, 3.8) is 0 Å². The summed E-state index contributed by atoms with van der Waals surface area (Å²) in [4.78, 5) is 22.4. The third-order valence-corrected chi connectivity index (χ3v) is 3.73. The maximum atomic E-state index is 12.2. The van der Waals surface area contributed by atoms with Gasteiger partial charge >= 0.3 is 6.09 Å². The lowest BCUT2D eigenvalue weighted by Crippen LogP contribution is -2.31. The van der Waals surface area contributed by atoms with Gasteiger partial charge in [-0.1, -0.05) is 30.3 Å². The Labute approximate surface area is 128 Å². The van der Waals surface area contributed by atoms with E-state index in [0.29, 0.717) is 30.6 Å². The molecular formula is C16H18N4O2. The molecule has 2 heterocycles. The Balaban J connectivity index is 2.09. The number of rotatable bonds is 2. The van der Waals surface area contributed by atoms with Crippen LogP contribution in [0.3, 0.4) is 0 Å². The number of anilines is 2. The molecule has 3 rings (SSSR count).